The molecular weight excluding hydrogens is 172 g/mol. The quantitative estimate of drug-likeness (QED) is 0.676. The Morgan fingerprint density at radius 2 is 2.29 bits per heavy atom. The van der Waals surface area contributed by atoms with Gasteiger partial charge >= 0.3 is 0 Å². The second-order valence-electron chi connectivity index (χ2n) is 4.91. The van der Waals surface area contributed by atoms with Crippen molar-refractivity contribution < 1.29 is 0 Å². The number of pyridine rings is 1. The Kier molecular flexibility index (Phi) is 2.31. The van der Waals surface area contributed by atoms with E-state index in [1.54, 1.807) is 0 Å². The Balaban J connectivity index is 2.33. The lowest BCUT2D eigenvalue weighted by Crippen LogP contribution is -2.25. The van der Waals surface area contributed by atoms with E-state index in [4.69, 9.17) is 0 Å². The van der Waals surface area contributed by atoms with E-state index in [-0.39, 0.29) is 0 Å². The minimum Gasteiger partial charge on any atom is -0.299 e. The fourth-order valence-electron chi connectivity index (χ4n) is 2.57. The molecular formula is C12H18N2. The van der Waals surface area contributed by atoms with Crippen LogP contribution in [0.4, 0.5) is 0 Å². The topological polar surface area (TPSA) is 16.1 Å². The zero-order chi connectivity index (χ0) is 10.2. The third-order valence-electron chi connectivity index (χ3n) is 3.29. The van der Waals surface area contributed by atoms with Gasteiger partial charge in [0, 0.05) is 18.4 Å². The van der Waals surface area contributed by atoms with E-state index in [9.17, 15) is 0 Å². The number of likely N-dealkylation sites (tertiary alicyclic amines) is 1. The Morgan fingerprint density at radius 1 is 1.50 bits per heavy atom. The van der Waals surface area contributed by atoms with Gasteiger partial charge in [-0.15, -0.1) is 0 Å². The van der Waals surface area contributed by atoms with Gasteiger partial charge in [-0.1, -0.05) is 19.9 Å². The lowest BCUT2D eigenvalue weighted by atomic mass is 9.81. The van der Waals surface area contributed by atoms with Crippen molar-refractivity contribution in [1.82, 2.24) is 9.88 Å². The summed E-state index contributed by atoms with van der Waals surface area (Å²) in [6, 6.07) is 4.73. The Labute approximate surface area is 86.0 Å². The molecule has 1 atom stereocenters. The molecule has 0 N–H and O–H groups in total. The van der Waals surface area contributed by atoms with Crippen LogP contribution in [0.2, 0.25) is 0 Å². The molecule has 1 saturated heterocycles. The van der Waals surface area contributed by atoms with Crippen LogP contribution < -0.4 is 0 Å². The van der Waals surface area contributed by atoms with Gasteiger partial charge in [-0.3, -0.25) is 9.88 Å². The van der Waals surface area contributed by atoms with Crippen molar-refractivity contribution in [1.29, 1.82) is 0 Å². The number of hydrogen-bond donors (Lipinski definition) is 0. The van der Waals surface area contributed by atoms with E-state index in [2.05, 4.69) is 36.8 Å². The highest BCUT2D eigenvalue weighted by molar-refractivity contribution is 5.18. The first-order chi connectivity index (χ1) is 6.61. The third-order valence-corrected chi connectivity index (χ3v) is 3.29. The summed E-state index contributed by atoms with van der Waals surface area (Å²) in [6.07, 6.45) is 5.10. The molecule has 0 unspecified atom stereocenters. The molecule has 1 aliphatic heterocycles. The maximum Gasteiger partial charge on any atom is 0.0411 e. The van der Waals surface area contributed by atoms with Crippen LogP contribution in [0.3, 0.4) is 0 Å². The molecule has 14 heavy (non-hydrogen) atoms. The van der Waals surface area contributed by atoms with Crippen LogP contribution >= 0.6 is 0 Å². The van der Waals surface area contributed by atoms with Gasteiger partial charge in [0.15, 0.2) is 0 Å². The van der Waals surface area contributed by atoms with Gasteiger partial charge in [-0.05, 0) is 37.1 Å². The molecule has 2 heteroatoms. The van der Waals surface area contributed by atoms with Crippen molar-refractivity contribution in [2.45, 2.75) is 26.3 Å². The van der Waals surface area contributed by atoms with E-state index in [0.717, 1.165) is 0 Å². The molecule has 1 aromatic heterocycles. The van der Waals surface area contributed by atoms with E-state index in [1.807, 2.05) is 18.5 Å². The summed E-state index contributed by atoms with van der Waals surface area (Å²) in [6.45, 7) is 5.87. The first kappa shape index (κ1) is 9.66. The highest BCUT2D eigenvalue weighted by Crippen LogP contribution is 2.45. The monoisotopic (exact) mass is 190 g/mol. The Hall–Kier alpha value is -0.890. The van der Waals surface area contributed by atoms with Gasteiger partial charge in [0.05, 0.1) is 0 Å². The normalized spacial score (nSPS) is 26.6. The van der Waals surface area contributed by atoms with Crippen LogP contribution in [0.1, 0.15) is 31.9 Å². The Bertz CT molecular complexity index is 305. The fourth-order valence-corrected chi connectivity index (χ4v) is 2.57. The highest BCUT2D eigenvalue weighted by atomic mass is 15.2. The maximum atomic E-state index is 4.20. The van der Waals surface area contributed by atoms with E-state index < -0.39 is 0 Å². The van der Waals surface area contributed by atoms with Crippen molar-refractivity contribution in [3.63, 3.8) is 0 Å². The zero-order valence-electron chi connectivity index (χ0n) is 9.20. The molecule has 0 saturated carbocycles. The van der Waals surface area contributed by atoms with Gasteiger partial charge < -0.3 is 0 Å². The largest absolute Gasteiger partial charge is 0.299 e. The molecule has 1 aromatic rings. The maximum absolute atomic E-state index is 4.20. The standard InChI is InChI=1S/C12H18N2/c1-12(2)6-8-14(3)11(12)10-5-4-7-13-9-10/h4-5,7,9,11H,6,8H2,1-3H3/t11-/m1/s1. The van der Waals surface area contributed by atoms with Gasteiger partial charge in [0.1, 0.15) is 0 Å². The molecule has 2 nitrogen and oxygen atoms in total. The Morgan fingerprint density at radius 3 is 2.79 bits per heavy atom. The van der Waals surface area contributed by atoms with Crippen LogP contribution in [-0.4, -0.2) is 23.5 Å². The fraction of sp³-hybridized carbons (Fsp3) is 0.583. The van der Waals surface area contributed by atoms with Crippen molar-refractivity contribution in [2.24, 2.45) is 5.41 Å². The molecule has 2 heterocycles. The second kappa shape index (κ2) is 3.35. The predicted octanol–water partition coefficient (Wildman–Crippen LogP) is 2.48. The van der Waals surface area contributed by atoms with E-state index in [0.29, 0.717) is 11.5 Å². The summed E-state index contributed by atoms with van der Waals surface area (Å²) in [5.41, 5.74) is 1.72. The predicted molar refractivity (Wildman–Crippen MR) is 58.0 cm³/mol. The molecule has 76 valence electrons. The minimum absolute atomic E-state index is 0.373. The highest BCUT2D eigenvalue weighted by Gasteiger charge is 2.39. The van der Waals surface area contributed by atoms with Crippen molar-refractivity contribution in [2.75, 3.05) is 13.6 Å². The summed E-state index contributed by atoms with van der Waals surface area (Å²) in [7, 11) is 2.20. The van der Waals surface area contributed by atoms with Gasteiger partial charge in [-0.25, -0.2) is 0 Å². The van der Waals surface area contributed by atoms with Gasteiger partial charge in [0.2, 0.25) is 0 Å². The summed E-state index contributed by atoms with van der Waals surface area (Å²) in [4.78, 5) is 6.63. The summed E-state index contributed by atoms with van der Waals surface area (Å²) in [5.74, 6) is 0. The molecule has 0 amide bonds. The van der Waals surface area contributed by atoms with Crippen LogP contribution in [0.25, 0.3) is 0 Å². The van der Waals surface area contributed by atoms with E-state index >= 15 is 0 Å². The number of nitrogens with zero attached hydrogens (tertiary/aromatic N) is 2. The lowest BCUT2D eigenvalue weighted by Gasteiger charge is -2.30. The van der Waals surface area contributed by atoms with Crippen LogP contribution in [0.5, 0.6) is 0 Å². The smallest absolute Gasteiger partial charge is 0.0411 e. The van der Waals surface area contributed by atoms with Crippen LogP contribution in [0.15, 0.2) is 24.5 Å². The van der Waals surface area contributed by atoms with E-state index in [1.165, 1.54) is 18.5 Å². The van der Waals surface area contributed by atoms with Crippen LogP contribution in [-0.2, 0) is 0 Å². The second-order valence-corrected chi connectivity index (χ2v) is 4.91. The summed E-state index contributed by atoms with van der Waals surface area (Å²) >= 11 is 0. The molecule has 0 aliphatic carbocycles. The van der Waals surface area contributed by atoms with Crippen LogP contribution in [0, 0.1) is 5.41 Å². The van der Waals surface area contributed by atoms with Gasteiger partial charge in [0.25, 0.3) is 0 Å². The summed E-state index contributed by atoms with van der Waals surface area (Å²) < 4.78 is 0. The molecule has 0 spiro atoms. The van der Waals surface area contributed by atoms with Gasteiger partial charge in [-0.2, -0.15) is 0 Å². The summed E-state index contributed by atoms with van der Waals surface area (Å²) in [5, 5.41) is 0. The molecule has 0 radical (unpaired) electrons. The molecule has 1 fully saturated rings. The molecule has 0 aromatic carbocycles. The lowest BCUT2D eigenvalue weighted by molar-refractivity contribution is 0.215. The van der Waals surface area contributed by atoms with Crippen molar-refractivity contribution in [3.05, 3.63) is 30.1 Å². The number of aromatic nitrogens is 1. The zero-order valence-corrected chi connectivity index (χ0v) is 9.20. The number of hydrogen-bond acceptors (Lipinski definition) is 2. The molecule has 1 aliphatic rings. The minimum atomic E-state index is 0.373. The van der Waals surface area contributed by atoms with Crippen molar-refractivity contribution >= 4 is 0 Å². The number of rotatable bonds is 1. The average molecular weight is 190 g/mol. The van der Waals surface area contributed by atoms with Crippen molar-refractivity contribution in [3.8, 4) is 0 Å². The third kappa shape index (κ3) is 1.55. The molecule has 2 rings (SSSR count). The first-order valence-corrected chi connectivity index (χ1v) is 5.21. The molecule has 0 bridgehead atoms. The SMILES string of the molecule is CN1CCC(C)(C)[C@H]1c1cccnc1. The first-order valence-electron chi connectivity index (χ1n) is 5.21. The average Bonchev–Trinajstić information content (AvgIpc) is 2.42.